The summed E-state index contributed by atoms with van der Waals surface area (Å²) < 4.78 is 11.4. The predicted molar refractivity (Wildman–Crippen MR) is 94.7 cm³/mol. The summed E-state index contributed by atoms with van der Waals surface area (Å²) in [4.78, 5) is 2.06. The smallest absolute Gasteiger partial charge is 0.118 e. The van der Waals surface area contributed by atoms with Gasteiger partial charge in [-0.25, -0.2) is 0 Å². The topological polar surface area (TPSA) is 45.8 Å². The van der Waals surface area contributed by atoms with Gasteiger partial charge in [0.25, 0.3) is 0 Å². The molecule has 134 valence electrons. The molecule has 3 atom stereocenters. The molecule has 1 fully saturated rings. The van der Waals surface area contributed by atoms with Gasteiger partial charge in [0.1, 0.15) is 11.5 Å². The van der Waals surface area contributed by atoms with E-state index in [9.17, 15) is 5.11 Å². The van der Waals surface area contributed by atoms with Crippen molar-refractivity contribution in [1.29, 1.82) is 0 Å². The average Bonchev–Trinajstić information content (AvgIpc) is 2.92. The number of aliphatic hydroxyl groups excluding tert-OH is 1. The average molecular weight is 333 g/mol. The monoisotopic (exact) mass is 333 g/mol. The molecule has 4 nitrogen and oxygen atoms in total. The summed E-state index contributed by atoms with van der Waals surface area (Å²) in [5.41, 5.74) is 1.88. The number of ether oxygens (including phenoxy) is 1. The van der Waals surface area contributed by atoms with Gasteiger partial charge in [0.2, 0.25) is 0 Å². The molecule has 0 spiro atoms. The van der Waals surface area contributed by atoms with Gasteiger partial charge in [-0.05, 0) is 61.8 Å². The number of aliphatic hydroxyl groups is 1. The summed E-state index contributed by atoms with van der Waals surface area (Å²) >= 11 is 0. The summed E-state index contributed by atoms with van der Waals surface area (Å²) in [5, 5.41) is 10.2. The molecule has 3 aliphatic carbocycles. The van der Waals surface area contributed by atoms with Gasteiger partial charge in [0.05, 0.1) is 25.9 Å². The second kappa shape index (κ2) is 7.03. The number of fused-ring (bicyclic) bond motifs is 1. The molecule has 0 saturated heterocycles. The summed E-state index contributed by atoms with van der Waals surface area (Å²) in [6.07, 6.45) is 4.39. The van der Waals surface area contributed by atoms with E-state index < -0.39 is 6.10 Å². The van der Waals surface area contributed by atoms with E-state index in [0.29, 0.717) is 37.6 Å². The Morgan fingerprint density at radius 1 is 1.42 bits per heavy atom. The van der Waals surface area contributed by atoms with E-state index in [4.69, 9.17) is 9.15 Å². The van der Waals surface area contributed by atoms with Crippen molar-refractivity contribution in [2.45, 2.75) is 46.3 Å². The maximum atomic E-state index is 10.2. The first kappa shape index (κ1) is 17.7. The zero-order valence-corrected chi connectivity index (χ0v) is 15.4. The molecule has 3 aliphatic rings. The van der Waals surface area contributed by atoms with Gasteiger partial charge in [-0.2, -0.15) is 0 Å². The standard InChI is InChI=1S/C20H31NO3/c1-14-5-8-18(24-14)11-21(4)10-17(22)13-23-12-15-6-7-16-9-19(15)20(16,2)3/h5-6,8,16-17,19,22H,7,9-13H2,1-4H3/t16-,17+,19+/m1/s1. The number of nitrogens with zero attached hydrogens (tertiary/aromatic N) is 1. The Morgan fingerprint density at radius 2 is 2.21 bits per heavy atom. The molecule has 0 amide bonds. The summed E-state index contributed by atoms with van der Waals surface area (Å²) in [6, 6.07) is 3.95. The van der Waals surface area contributed by atoms with E-state index >= 15 is 0 Å². The highest BCUT2D eigenvalue weighted by atomic mass is 16.5. The van der Waals surface area contributed by atoms with Crippen molar-refractivity contribution < 1.29 is 14.3 Å². The van der Waals surface area contributed by atoms with E-state index in [1.165, 1.54) is 18.4 Å². The van der Waals surface area contributed by atoms with Crippen molar-refractivity contribution in [3.8, 4) is 0 Å². The molecule has 0 radical (unpaired) electrons. The number of allylic oxidation sites excluding steroid dienone is 1. The van der Waals surface area contributed by atoms with Crippen molar-refractivity contribution >= 4 is 0 Å². The minimum atomic E-state index is -0.475. The Balaban J connectivity index is 1.37. The third-order valence-corrected chi connectivity index (χ3v) is 5.91. The predicted octanol–water partition coefficient (Wildman–Crippen LogP) is 3.39. The largest absolute Gasteiger partial charge is 0.465 e. The number of rotatable bonds is 8. The highest BCUT2D eigenvalue weighted by Gasteiger charge is 2.50. The lowest BCUT2D eigenvalue weighted by Gasteiger charge is -2.56. The highest BCUT2D eigenvalue weighted by Crippen LogP contribution is 2.59. The second-order valence-corrected chi connectivity index (χ2v) is 8.20. The van der Waals surface area contributed by atoms with Crippen molar-refractivity contribution in [3.05, 3.63) is 35.3 Å². The number of aryl methyl sites for hydroxylation is 1. The fourth-order valence-electron chi connectivity index (χ4n) is 4.27. The maximum absolute atomic E-state index is 10.2. The van der Waals surface area contributed by atoms with Crippen LogP contribution < -0.4 is 0 Å². The van der Waals surface area contributed by atoms with E-state index in [1.54, 1.807) is 0 Å². The molecule has 1 heterocycles. The zero-order chi connectivity index (χ0) is 17.3. The second-order valence-electron chi connectivity index (χ2n) is 8.20. The van der Waals surface area contributed by atoms with Crippen LogP contribution in [0, 0.1) is 24.2 Å². The molecule has 4 heteroatoms. The zero-order valence-electron chi connectivity index (χ0n) is 15.4. The van der Waals surface area contributed by atoms with Gasteiger partial charge < -0.3 is 14.3 Å². The quantitative estimate of drug-likeness (QED) is 0.741. The van der Waals surface area contributed by atoms with Crippen LogP contribution in [0.3, 0.4) is 0 Å². The number of furan rings is 1. The molecule has 0 aliphatic heterocycles. The van der Waals surface area contributed by atoms with Crippen LogP contribution in [0.25, 0.3) is 0 Å². The minimum absolute atomic E-state index is 0.384. The van der Waals surface area contributed by atoms with Crippen LogP contribution >= 0.6 is 0 Å². The van der Waals surface area contributed by atoms with Crippen LogP contribution in [0.4, 0.5) is 0 Å². The first-order valence-electron chi connectivity index (χ1n) is 9.05. The third kappa shape index (κ3) is 3.76. The van der Waals surface area contributed by atoms with Gasteiger partial charge in [-0.3, -0.25) is 4.90 Å². The molecule has 0 unspecified atom stereocenters. The molecule has 0 aromatic carbocycles. The number of likely N-dealkylation sites (N-methyl/N-ethyl adjacent to an activating group) is 1. The lowest BCUT2D eigenvalue weighted by molar-refractivity contribution is -0.0258. The molecule has 4 rings (SSSR count). The Morgan fingerprint density at radius 3 is 2.83 bits per heavy atom. The number of hydrogen-bond donors (Lipinski definition) is 1. The third-order valence-electron chi connectivity index (χ3n) is 5.91. The van der Waals surface area contributed by atoms with Gasteiger partial charge in [0, 0.05) is 6.54 Å². The fourth-order valence-corrected chi connectivity index (χ4v) is 4.27. The summed E-state index contributed by atoms with van der Waals surface area (Å²) in [5.74, 6) is 3.38. The molecule has 1 aromatic heterocycles. The summed E-state index contributed by atoms with van der Waals surface area (Å²) in [7, 11) is 1.99. The Kier molecular flexibility index (Phi) is 5.19. The lowest BCUT2D eigenvalue weighted by atomic mass is 9.49. The first-order chi connectivity index (χ1) is 11.4. The summed E-state index contributed by atoms with van der Waals surface area (Å²) in [6.45, 7) is 9.02. The van der Waals surface area contributed by atoms with Crippen molar-refractivity contribution in [1.82, 2.24) is 4.90 Å². The minimum Gasteiger partial charge on any atom is -0.465 e. The van der Waals surface area contributed by atoms with Crippen LogP contribution in [-0.2, 0) is 11.3 Å². The van der Waals surface area contributed by atoms with Crippen molar-refractivity contribution in [2.75, 3.05) is 26.8 Å². The molecular weight excluding hydrogens is 302 g/mol. The molecule has 1 aromatic rings. The van der Waals surface area contributed by atoms with Gasteiger partial charge >= 0.3 is 0 Å². The van der Waals surface area contributed by atoms with Gasteiger partial charge in [-0.15, -0.1) is 0 Å². The molecular formula is C20H31NO3. The fraction of sp³-hybridized carbons (Fsp3) is 0.700. The van der Waals surface area contributed by atoms with Gasteiger partial charge in [0.15, 0.2) is 0 Å². The highest BCUT2D eigenvalue weighted by molar-refractivity contribution is 5.23. The van der Waals surface area contributed by atoms with Crippen LogP contribution in [0.2, 0.25) is 0 Å². The Bertz CT molecular complexity index is 589. The molecule has 24 heavy (non-hydrogen) atoms. The van der Waals surface area contributed by atoms with Crippen LogP contribution in [0.15, 0.2) is 28.2 Å². The van der Waals surface area contributed by atoms with Crippen LogP contribution in [0.1, 0.15) is 38.2 Å². The van der Waals surface area contributed by atoms with E-state index in [2.05, 4.69) is 24.8 Å². The van der Waals surface area contributed by atoms with Crippen LogP contribution in [-0.4, -0.2) is 42.9 Å². The molecule has 2 bridgehead atoms. The van der Waals surface area contributed by atoms with Crippen molar-refractivity contribution in [3.63, 3.8) is 0 Å². The molecule has 1 saturated carbocycles. The Labute approximate surface area is 145 Å². The van der Waals surface area contributed by atoms with Crippen LogP contribution in [0.5, 0.6) is 0 Å². The van der Waals surface area contributed by atoms with E-state index in [0.717, 1.165) is 17.4 Å². The Hall–Kier alpha value is -1.10. The van der Waals surface area contributed by atoms with Crippen molar-refractivity contribution in [2.24, 2.45) is 17.3 Å². The van der Waals surface area contributed by atoms with E-state index in [1.807, 2.05) is 26.1 Å². The number of hydrogen-bond acceptors (Lipinski definition) is 4. The normalized spacial score (nSPS) is 26.2. The maximum Gasteiger partial charge on any atom is 0.118 e. The molecule has 1 N–H and O–H groups in total. The SMILES string of the molecule is Cc1ccc(CN(C)C[C@H](O)COCC2=CC[C@@H]3C[C@@H]2C3(C)C)o1. The van der Waals surface area contributed by atoms with E-state index in [-0.39, 0.29) is 0 Å². The van der Waals surface area contributed by atoms with Gasteiger partial charge in [-0.1, -0.05) is 19.9 Å². The first-order valence-corrected chi connectivity index (χ1v) is 9.05. The lowest BCUT2D eigenvalue weighted by Crippen LogP contribution is -2.48.